The molecule has 10 heteroatoms. The Morgan fingerprint density at radius 1 is 1.40 bits per heavy atom. The number of aliphatic hydroxyl groups is 1. The highest BCUT2D eigenvalue weighted by molar-refractivity contribution is 14.0. The molecule has 0 spiro atoms. The van der Waals surface area contributed by atoms with Crippen molar-refractivity contribution in [3.63, 3.8) is 0 Å². The third-order valence-corrected chi connectivity index (χ3v) is 4.68. The first-order valence-electron chi connectivity index (χ1n) is 7.96. The number of nitrogens with one attached hydrogen (secondary N) is 2. The quantitative estimate of drug-likeness (QED) is 0.296. The molecule has 140 valence electrons. The number of aliphatic imine (C=N–C) groups is 1. The number of halogens is 2. The van der Waals surface area contributed by atoms with Gasteiger partial charge in [-0.1, -0.05) is 18.5 Å². The Morgan fingerprint density at radius 3 is 2.84 bits per heavy atom. The van der Waals surface area contributed by atoms with Gasteiger partial charge in [-0.3, -0.25) is 4.99 Å². The van der Waals surface area contributed by atoms with E-state index in [9.17, 15) is 5.11 Å². The van der Waals surface area contributed by atoms with E-state index in [4.69, 9.17) is 11.6 Å². The van der Waals surface area contributed by atoms with Gasteiger partial charge in [0.1, 0.15) is 18.3 Å². The topological polar surface area (TPSA) is 87.4 Å². The standard InChI is InChI=1S/C15H23ClN6OS.HI/c1-3-14-21-20-10-22(14)8-7-18-15(17-4-2)19-9-11(23)12-5-6-13(16)24-12;/h5-6,10-11,23H,3-4,7-9H2,1-2H3,(H2,17,18,19);1H. The Labute approximate surface area is 173 Å². The van der Waals surface area contributed by atoms with Crippen molar-refractivity contribution < 1.29 is 5.11 Å². The molecule has 2 heterocycles. The van der Waals surface area contributed by atoms with Gasteiger partial charge in [-0.2, -0.15) is 0 Å². The van der Waals surface area contributed by atoms with Crippen LogP contribution in [0, 0.1) is 0 Å². The van der Waals surface area contributed by atoms with Crippen LogP contribution >= 0.6 is 46.9 Å². The summed E-state index contributed by atoms with van der Waals surface area (Å²) in [7, 11) is 0. The average Bonchev–Trinajstić information content (AvgIpc) is 3.20. The molecular weight excluding hydrogens is 475 g/mol. The monoisotopic (exact) mass is 498 g/mol. The molecule has 0 aromatic carbocycles. The zero-order valence-electron chi connectivity index (χ0n) is 14.3. The van der Waals surface area contributed by atoms with Crippen molar-refractivity contribution in [3.8, 4) is 0 Å². The molecule has 0 bridgehead atoms. The van der Waals surface area contributed by atoms with E-state index < -0.39 is 6.10 Å². The first-order chi connectivity index (χ1) is 11.6. The molecule has 0 aliphatic carbocycles. The summed E-state index contributed by atoms with van der Waals surface area (Å²) in [6.45, 7) is 6.53. The van der Waals surface area contributed by atoms with Gasteiger partial charge in [-0.15, -0.1) is 45.5 Å². The van der Waals surface area contributed by atoms with Crippen molar-refractivity contribution in [1.82, 2.24) is 25.4 Å². The van der Waals surface area contributed by atoms with Gasteiger partial charge in [0.2, 0.25) is 0 Å². The highest BCUT2D eigenvalue weighted by atomic mass is 127. The van der Waals surface area contributed by atoms with Crippen LogP contribution in [-0.2, 0) is 13.0 Å². The lowest BCUT2D eigenvalue weighted by molar-refractivity contribution is 0.191. The second-order valence-corrected chi connectivity index (χ2v) is 6.84. The minimum Gasteiger partial charge on any atom is -0.386 e. The maximum Gasteiger partial charge on any atom is 0.191 e. The van der Waals surface area contributed by atoms with E-state index in [1.54, 1.807) is 12.4 Å². The molecule has 2 aromatic heterocycles. The molecule has 3 N–H and O–H groups in total. The molecule has 7 nitrogen and oxygen atoms in total. The molecule has 0 radical (unpaired) electrons. The number of hydrogen-bond donors (Lipinski definition) is 3. The number of rotatable bonds is 8. The van der Waals surface area contributed by atoms with Gasteiger partial charge >= 0.3 is 0 Å². The van der Waals surface area contributed by atoms with E-state index in [2.05, 4.69) is 32.7 Å². The van der Waals surface area contributed by atoms with Crippen molar-refractivity contribution in [2.75, 3.05) is 19.6 Å². The van der Waals surface area contributed by atoms with Crippen molar-refractivity contribution in [2.24, 2.45) is 4.99 Å². The molecule has 0 aliphatic rings. The van der Waals surface area contributed by atoms with Crippen LogP contribution in [0.5, 0.6) is 0 Å². The molecule has 0 fully saturated rings. The molecular formula is C15H24ClIN6OS. The van der Waals surface area contributed by atoms with Crippen molar-refractivity contribution in [2.45, 2.75) is 32.9 Å². The van der Waals surface area contributed by atoms with Crippen LogP contribution in [0.25, 0.3) is 0 Å². The smallest absolute Gasteiger partial charge is 0.191 e. The Morgan fingerprint density at radius 2 is 2.20 bits per heavy atom. The number of aryl methyl sites for hydroxylation is 1. The first kappa shape index (κ1) is 22.1. The molecule has 0 saturated carbocycles. The normalized spacial score (nSPS) is 12.6. The van der Waals surface area contributed by atoms with Crippen LogP contribution in [-0.4, -0.2) is 45.5 Å². The lowest BCUT2D eigenvalue weighted by Gasteiger charge is -2.13. The number of nitrogens with zero attached hydrogens (tertiary/aromatic N) is 4. The number of thiophene rings is 1. The molecule has 25 heavy (non-hydrogen) atoms. The van der Waals surface area contributed by atoms with Gasteiger partial charge in [0.15, 0.2) is 5.96 Å². The maximum atomic E-state index is 10.2. The van der Waals surface area contributed by atoms with Crippen LogP contribution in [0.2, 0.25) is 4.34 Å². The van der Waals surface area contributed by atoms with E-state index >= 15 is 0 Å². The van der Waals surface area contributed by atoms with Crippen molar-refractivity contribution >= 4 is 52.9 Å². The van der Waals surface area contributed by atoms with Gasteiger partial charge in [0.25, 0.3) is 0 Å². The summed E-state index contributed by atoms with van der Waals surface area (Å²) in [6.07, 6.45) is 1.93. The zero-order valence-corrected chi connectivity index (χ0v) is 18.2. The van der Waals surface area contributed by atoms with Crippen LogP contribution in [0.15, 0.2) is 23.5 Å². The summed E-state index contributed by atoms with van der Waals surface area (Å²) in [6, 6.07) is 3.61. The second-order valence-electron chi connectivity index (χ2n) is 5.10. The van der Waals surface area contributed by atoms with Gasteiger partial charge in [-0.05, 0) is 19.1 Å². The number of aromatic nitrogens is 3. The van der Waals surface area contributed by atoms with E-state index in [1.807, 2.05) is 17.6 Å². The van der Waals surface area contributed by atoms with Crippen molar-refractivity contribution in [3.05, 3.63) is 33.5 Å². The highest BCUT2D eigenvalue weighted by Gasteiger charge is 2.10. The number of guanidine groups is 1. The third kappa shape index (κ3) is 7.08. The van der Waals surface area contributed by atoms with E-state index in [-0.39, 0.29) is 30.5 Å². The molecule has 0 aliphatic heterocycles. The van der Waals surface area contributed by atoms with E-state index in [1.165, 1.54) is 11.3 Å². The average molecular weight is 499 g/mol. The predicted octanol–water partition coefficient (Wildman–Crippen LogP) is 2.46. The van der Waals surface area contributed by atoms with Gasteiger partial charge in [0.05, 0.1) is 10.9 Å². The Kier molecular flexibility index (Phi) is 10.3. The molecule has 1 unspecified atom stereocenters. The highest BCUT2D eigenvalue weighted by Crippen LogP contribution is 2.26. The van der Waals surface area contributed by atoms with E-state index in [0.717, 1.165) is 30.2 Å². The summed E-state index contributed by atoms with van der Waals surface area (Å²) in [4.78, 5) is 5.24. The number of hydrogen-bond acceptors (Lipinski definition) is 5. The van der Waals surface area contributed by atoms with Gasteiger partial charge < -0.3 is 20.3 Å². The van der Waals surface area contributed by atoms with Gasteiger partial charge in [0, 0.05) is 30.9 Å². The largest absolute Gasteiger partial charge is 0.386 e. The van der Waals surface area contributed by atoms with E-state index in [0.29, 0.717) is 16.8 Å². The number of aliphatic hydroxyl groups excluding tert-OH is 1. The fourth-order valence-electron chi connectivity index (χ4n) is 2.15. The van der Waals surface area contributed by atoms with Gasteiger partial charge in [-0.25, -0.2) is 0 Å². The van der Waals surface area contributed by atoms with Crippen molar-refractivity contribution in [1.29, 1.82) is 0 Å². The molecule has 1 atom stereocenters. The molecule has 0 saturated heterocycles. The zero-order chi connectivity index (χ0) is 17.4. The summed E-state index contributed by atoms with van der Waals surface area (Å²) in [5.74, 6) is 1.63. The Hall–Kier alpha value is -0.910. The minimum atomic E-state index is -0.650. The maximum absolute atomic E-state index is 10.2. The Balaban J connectivity index is 0.00000312. The second kappa shape index (κ2) is 11.7. The summed E-state index contributed by atoms with van der Waals surface area (Å²) in [5.41, 5.74) is 0. The lowest BCUT2D eigenvalue weighted by atomic mass is 10.3. The predicted molar refractivity (Wildman–Crippen MR) is 113 cm³/mol. The lowest BCUT2D eigenvalue weighted by Crippen LogP contribution is -2.39. The summed E-state index contributed by atoms with van der Waals surface area (Å²) in [5, 5.41) is 24.6. The fraction of sp³-hybridized carbons (Fsp3) is 0.533. The summed E-state index contributed by atoms with van der Waals surface area (Å²) >= 11 is 7.26. The van der Waals surface area contributed by atoms with Crippen LogP contribution in [0.1, 0.15) is 30.7 Å². The van der Waals surface area contributed by atoms with Crippen LogP contribution in [0.4, 0.5) is 0 Å². The molecule has 2 aromatic rings. The molecule has 2 rings (SSSR count). The minimum absolute atomic E-state index is 0. The molecule has 0 amide bonds. The fourth-order valence-corrected chi connectivity index (χ4v) is 3.19. The van der Waals surface area contributed by atoms with Crippen LogP contribution < -0.4 is 10.6 Å². The third-order valence-electron chi connectivity index (χ3n) is 3.35. The Bertz CT molecular complexity index is 662. The summed E-state index contributed by atoms with van der Waals surface area (Å²) < 4.78 is 2.68. The SMILES string of the molecule is CCNC(=NCC(O)c1ccc(Cl)s1)NCCn1cnnc1CC.I. The van der Waals surface area contributed by atoms with Crippen LogP contribution in [0.3, 0.4) is 0 Å². The first-order valence-corrected chi connectivity index (χ1v) is 9.15.